The fourth-order valence-electron chi connectivity index (χ4n) is 3.77. The summed E-state index contributed by atoms with van der Waals surface area (Å²) in [6.45, 7) is -0.259. The number of hydrogen-bond donors (Lipinski definition) is 2. The van der Waals surface area contributed by atoms with Crippen molar-refractivity contribution in [1.82, 2.24) is 0 Å². The molecule has 7 heteroatoms. The Hall–Kier alpha value is -3.84. The predicted octanol–water partition coefficient (Wildman–Crippen LogP) is 2.93. The van der Waals surface area contributed by atoms with E-state index < -0.39 is 17.4 Å². The van der Waals surface area contributed by atoms with Gasteiger partial charge in [-0.05, 0) is 11.6 Å². The molecule has 2 N–H and O–H groups in total. The highest BCUT2D eigenvalue weighted by Crippen LogP contribution is 2.44. The number of amides is 2. The number of rotatable bonds is 6. The zero-order chi connectivity index (χ0) is 22.0. The average Bonchev–Trinajstić information content (AvgIpc) is 3.02. The van der Waals surface area contributed by atoms with Gasteiger partial charge in [-0.2, -0.15) is 0 Å². The molecule has 0 radical (unpaired) electrons. The van der Waals surface area contributed by atoms with Gasteiger partial charge in [0.25, 0.3) is 5.91 Å². The van der Waals surface area contributed by atoms with Crippen LogP contribution in [-0.2, 0) is 15.2 Å². The largest absolute Gasteiger partial charge is 0.497 e. The average molecular weight is 418 g/mol. The molecule has 31 heavy (non-hydrogen) atoms. The molecule has 0 aromatic heterocycles. The van der Waals surface area contributed by atoms with Crippen LogP contribution in [-0.4, -0.2) is 37.7 Å². The normalized spacial score (nSPS) is 17.3. The van der Waals surface area contributed by atoms with Crippen molar-refractivity contribution in [3.8, 4) is 11.5 Å². The van der Waals surface area contributed by atoms with Gasteiger partial charge in [-0.25, -0.2) is 0 Å². The lowest BCUT2D eigenvalue weighted by molar-refractivity contribution is -0.133. The van der Waals surface area contributed by atoms with Crippen LogP contribution >= 0.6 is 0 Å². The molecule has 1 aliphatic rings. The van der Waals surface area contributed by atoms with E-state index in [4.69, 9.17) is 9.47 Å². The lowest BCUT2D eigenvalue weighted by atomic mass is 9.88. The Morgan fingerprint density at radius 2 is 1.58 bits per heavy atom. The SMILES string of the molecule is COc1cc(NC(=O)CN2C(=O)[C@](O)(c3ccccc3)c3ccccc32)cc(OC)c1. The van der Waals surface area contributed by atoms with Crippen molar-refractivity contribution in [3.63, 3.8) is 0 Å². The van der Waals surface area contributed by atoms with Crippen molar-refractivity contribution in [2.45, 2.75) is 5.60 Å². The van der Waals surface area contributed by atoms with Crippen LogP contribution in [0.25, 0.3) is 0 Å². The molecule has 3 aromatic carbocycles. The first-order valence-electron chi connectivity index (χ1n) is 9.69. The molecule has 0 saturated carbocycles. The summed E-state index contributed by atoms with van der Waals surface area (Å²) in [5.74, 6) is 0.0560. The molecule has 1 atom stereocenters. The Bertz CT molecular complexity index is 1110. The molecule has 0 unspecified atom stereocenters. The molecule has 158 valence electrons. The number of nitrogens with one attached hydrogen (secondary N) is 1. The second-order valence-electron chi connectivity index (χ2n) is 7.13. The van der Waals surface area contributed by atoms with Gasteiger partial charge in [0.2, 0.25) is 5.91 Å². The number of carbonyl (C=O) groups is 2. The molecule has 0 saturated heterocycles. The number of benzene rings is 3. The number of fused-ring (bicyclic) bond motifs is 1. The maximum absolute atomic E-state index is 13.3. The number of anilines is 2. The highest BCUT2D eigenvalue weighted by Gasteiger charge is 2.51. The van der Waals surface area contributed by atoms with E-state index in [-0.39, 0.29) is 6.54 Å². The number of carbonyl (C=O) groups excluding carboxylic acids is 2. The summed E-state index contributed by atoms with van der Waals surface area (Å²) in [4.78, 5) is 27.4. The molecule has 3 aromatic rings. The number of aliphatic hydroxyl groups is 1. The fraction of sp³-hybridized carbons (Fsp3) is 0.167. The van der Waals surface area contributed by atoms with Crippen molar-refractivity contribution in [2.24, 2.45) is 0 Å². The van der Waals surface area contributed by atoms with Crippen LogP contribution in [0.5, 0.6) is 11.5 Å². The minimum Gasteiger partial charge on any atom is -0.497 e. The fourth-order valence-corrected chi connectivity index (χ4v) is 3.77. The minimum absolute atomic E-state index is 0.259. The van der Waals surface area contributed by atoms with E-state index >= 15 is 0 Å². The molecule has 0 aliphatic carbocycles. The maximum Gasteiger partial charge on any atom is 0.268 e. The Labute approximate surface area is 179 Å². The van der Waals surface area contributed by atoms with Crippen molar-refractivity contribution >= 4 is 23.2 Å². The number of para-hydroxylation sites is 1. The van der Waals surface area contributed by atoms with E-state index in [2.05, 4.69) is 5.32 Å². The number of nitrogens with zero attached hydrogens (tertiary/aromatic N) is 1. The van der Waals surface area contributed by atoms with Crippen LogP contribution in [0.1, 0.15) is 11.1 Å². The smallest absolute Gasteiger partial charge is 0.268 e. The van der Waals surface area contributed by atoms with Crippen LogP contribution in [0, 0.1) is 0 Å². The minimum atomic E-state index is -1.85. The Morgan fingerprint density at radius 1 is 0.968 bits per heavy atom. The molecular weight excluding hydrogens is 396 g/mol. The molecular formula is C24H22N2O5. The second-order valence-corrected chi connectivity index (χ2v) is 7.13. The van der Waals surface area contributed by atoms with Crippen LogP contribution < -0.4 is 19.7 Å². The van der Waals surface area contributed by atoms with Gasteiger partial charge >= 0.3 is 0 Å². The van der Waals surface area contributed by atoms with Crippen molar-refractivity contribution < 1.29 is 24.2 Å². The van der Waals surface area contributed by atoms with Gasteiger partial charge in [-0.3, -0.25) is 14.5 Å². The summed E-state index contributed by atoms with van der Waals surface area (Å²) in [6.07, 6.45) is 0. The van der Waals surface area contributed by atoms with E-state index in [1.165, 1.54) is 19.1 Å². The molecule has 0 fully saturated rings. The predicted molar refractivity (Wildman–Crippen MR) is 116 cm³/mol. The zero-order valence-corrected chi connectivity index (χ0v) is 17.2. The summed E-state index contributed by atoms with van der Waals surface area (Å²) < 4.78 is 10.4. The molecule has 0 spiro atoms. The van der Waals surface area contributed by atoms with Gasteiger partial charge in [0, 0.05) is 29.4 Å². The molecule has 1 heterocycles. The Balaban J connectivity index is 1.62. The van der Waals surface area contributed by atoms with Crippen molar-refractivity contribution in [3.05, 3.63) is 83.9 Å². The highest BCUT2D eigenvalue weighted by atomic mass is 16.5. The number of ether oxygens (including phenoxy) is 2. The summed E-state index contributed by atoms with van der Waals surface area (Å²) in [7, 11) is 3.04. The van der Waals surface area contributed by atoms with Gasteiger partial charge in [0.05, 0.1) is 19.9 Å². The van der Waals surface area contributed by atoms with Gasteiger partial charge in [0.1, 0.15) is 18.0 Å². The summed E-state index contributed by atoms with van der Waals surface area (Å²) in [5.41, 5.74) is 0.0174. The van der Waals surface area contributed by atoms with Gasteiger partial charge in [0.15, 0.2) is 5.60 Å². The summed E-state index contributed by atoms with van der Waals surface area (Å²) >= 11 is 0. The Kier molecular flexibility index (Phi) is 5.35. The third-order valence-electron chi connectivity index (χ3n) is 5.27. The lowest BCUT2D eigenvalue weighted by Gasteiger charge is -2.23. The molecule has 4 rings (SSSR count). The van der Waals surface area contributed by atoms with Gasteiger partial charge in [-0.15, -0.1) is 0 Å². The van der Waals surface area contributed by atoms with Crippen LogP contribution in [0.3, 0.4) is 0 Å². The Morgan fingerprint density at radius 3 is 2.23 bits per heavy atom. The van der Waals surface area contributed by atoms with Crippen LogP contribution in [0.2, 0.25) is 0 Å². The summed E-state index contributed by atoms with van der Waals surface area (Å²) in [6, 6.07) is 20.7. The lowest BCUT2D eigenvalue weighted by Crippen LogP contribution is -2.44. The number of methoxy groups -OCH3 is 2. The maximum atomic E-state index is 13.3. The zero-order valence-electron chi connectivity index (χ0n) is 17.2. The van der Waals surface area contributed by atoms with Crippen LogP contribution in [0.15, 0.2) is 72.8 Å². The van der Waals surface area contributed by atoms with Crippen molar-refractivity contribution in [1.29, 1.82) is 0 Å². The quantitative estimate of drug-likeness (QED) is 0.643. The van der Waals surface area contributed by atoms with Gasteiger partial charge < -0.3 is 19.9 Å². The first kappa shape index (κ1) is 20.4. The molecule has 2 amide bonds. The standard InChI is InChI=1S/C24H22N2O5/c1-30-18-12-17(13-19(14-18)31-2)25-22(27)15-26-21-11-7-6-10-20(21)24(29,23(26)28)16-8-4-3-5-9-16/h3-14,29H,15H2,1-2H3,(H,25,27)/t24-/m0/s1. The first-order chi connectivity index (χ1) is 15.0. The highest BCUT2D eigenvalue weighted by molar-refractivity contribution is 6.12. The third kappa shape index (κ3) is 3.60. The van der Waals surface area contributed by atoms with Gasteiger partial charge in [-0.1, -0.05) is 48.5 Å². The van der Waals surface area contributed by atoms with E-state index in [9.17, 15) is 14.7 Å². The van der Waals surface area contributed by atoms with E-state index in [1.807, 2.05) is 6.07 Å². The van der Waals surface area contributed by atoms with Crippen LogP contribution in [0.4, 0.5) is 11.4 Å². The summed E-state index contributed by atoms with van der Waals surface area (Å²) in [5, 5.41) is 14.2. The van der Waals surface area contributed by atoms with Crippen molar-refractivity contribution in [2.75, 3.05) is 31.0 Å². The monoisotopic (exact) mass is 418 g/mol. The molecule has 1 aliphatic heterocycles. The molecule has 0 bridgehead atoms. The first-order valence-corrected chi connectivity index (χ1v) is 9.69. The topological polar surface area (TPSA) is 88.1 Å². The number of hydrogen-bond acceptors (Lipinski definition) is 5. The third-order valence-corrected chi connectivity index (χ3v) is 5.27. The van der Waals surface area contributed by atoms with E-state index in [0.29, 0.717) is 34.0 Å². The second kappa shape index (κ2) is 8.12. The molecule has 7 nitrogen and oxygen atoms in total. The van der Waals surface area contributed by atoms with E-state index in [1.54, 1.807) is 66.7 Å². The van der Waals surface area contributed by atoms with E-state index in [0.717, 1.165) is 0 Å².